The van der Waals surface area contributed by atoms with Gasteiger partial charge in [-0.3, -0.25) is 9.69 Å². The van der Waals surface area contributed by atoms with E-state index in [1.807, 2.05) is 6.92 Å². The van der Waals surface area contributed by atoms with Gasteiger partial charge >= 0.3 is 5.97 Å². The van der Waals surface area contributed by atoms with Gasteiger partial charge in [0.2, 0.25) is 0 Å². The number of rotatable bonds is 9. The summed E-state index contributed by atoms with van der Waals surface area (Å²) in [6, 6.07) is 0. The fraction of sp³-hybridized carbons (Fsp3) is 0.824. The third-order valence-corrected chi connectivity index (χ3v) is 12.4. The summed E-state index contributed by atoms with van der Waals surface area (Å²) >= 11 is 0. The highest BCUT2D eigenvalue weighted by Gasteiger charge is 2.84. The summed E-state index contributed by atoms with van der Waals surface area (Å²) < 4.78 is 12.9. The number of aliphatic hydroxyl groups is 1. The number of ether oxygens (including phenoxy) is 2. The molecular weight excluding hydrogens is 518 g/mol. The zero-order valence-corrected chi connectivity index (χ0v) is 25.5. The summed E-state index contributed by atoms with van der Waals surface area (Å²) in [5.74, 6) is -0.0101. The molecule has 4 bridgehead atoms. The maximum atomic E-state index is 13.7. The predicted molar refractivity (Wildman–Crippen MR) is 156 cm³/mol. The molecule has 7 heteroatoms. The van der Waals surface area contributed by atoms with Gasteiger partial charge < -0.3 is 24.5 Å². The molecule has 0 radical (unpaired) electrons. The number of hydrogen-bond donors (Lipinski definition) is 2. The molecule has 4 fully saturated rings. The quantitative estimate of drug-likeness (QED) is 0.290. The van der Waals surface area contributed by atoms with Crippen LogP contribution in [0.25, 0.3) is 0 Å². The fourth-order valence-electron chi connectivity index (χ4n) is 10.8. The third-order valence-electron chi connectivity index (χ3n) is 12.4. The lowest BCUT2D eigenvalue weighted by molar-refractivity contribution is -0.235. The van der Waals surface area contributed by atoms with E-state index in [1.54, 1.807) is 0 Å². The zero-order chi connectivity index (χ0) is 29.2. The Morgan fingerprint density at radius 2 is 2.02 bits per heavy atom. The van der Waals surface area contributed by atoms with Crippen LogP contribution in [0.4, 0.5) is 0 Å². The SMILES string of the molecule is CC(C)C1=C[C@H]2C[C@]3(C=O)[C@@H]4CC[C@@H](C)[C@H]4C[C@@]2(CO[C@@H]2O[C@H](C)CN(CCC4=CCCCC4)C[C@@H]2O)[C@]13C(=O)O. The van der Waals surface area contributed by atoms with Crippen LogP contribution in [0.5, 0.6) is 0 Å². The first kappa shape index (κ1) is 29.5. The first-order valence-electron chi connectivity index (χ1n) is 16.4. The summed E-state index contributed by atoms with van der Waals surface area (Å²) in [6.07, 6.45) is 13.1. The molecule has 1 saturated heterocycles. The van der Waals surface area contributed by atoms with E-state index in [9.17, 15) is 19.8 Å². The first-order chi connectivity index (χ1) is 19.6. The summed E-state index contributed by atoms with van der Waals surface area (Å²) in [6.45, 7) is 10.7. The van der Waals surface area contributed by atoms with Gasteiger partial charge in [-0.25, -0.2) is 0 Å². The highest BCUT2D eigenvalue weighted by atomic mass is 16.7. The molecular formula is C34H51NO6. The molecule has 0 aromatic carbocycles. The molecule has 3 saturated carbocycles. The molecule has 2 N–H and O–H groups in total. The number of allylic oxidation sites excluding steroid dienone is 2. The predicted octanol–water partition coefficient (Wildman–Crippen LogP) is 5.23. The average molecular weight is 570 g/mol. The van der Waals surface area contributed by atoms with Crippen LogP contribution >= 0.6 is 0 Å². The Labute approximate surface area is 245 Å². The molecule has 0 aromatic heterocycles. The molecule has 5 aliphatic carbocycles. The Balaban J connectivity index is 1.26. The molecule has 10 atom stereocenters. The monoisotopic (exact) mass is 569 g/mol. The van der Waals surface area contributed by atoms with Crippen LogP contribution in [-0.4, -0.2) is 72.1 Å². The van der Waals surface area contributed by atoms with Crippen LogP contribution in [0.1, 0.15) is 85.5 Å². The van der Waals surface area contributed by atoms with Gasteiger partial charge in [0, 0.05) is 25.0 Å². The van der Waals surface area contributed by atoms with Crippen LogP contribution in [-0.2, 0) is 19.1 Å². The number of aldehydes is 1. The van der Waals surface area contributed by atoms with Gasteiger partial charge in [-0.2, -0.15) is 0 Å². The maximum Gasteiger partial charge on any atom is 0.315 e. The molecule has 0 spiro atoms. The lowest BCUT2D eigenvalue weighted by Gasteiger charge is -2.58. The van der Waals surface area contributed by atoms with Gasteiger partial charge in [0.05, 0.1) is 18.1 Å². The van der Waals surface area contributed by atoms with E-state index in [0.717, 1.165) is 50.6 Å². The minimum atomic E-state index is -1.27. The second kappa shape index (κ2) is 10.9. The lowest BCUT2D eigenvalue weighted by Crippen LogP contribution is -2.63. The molecule has 1 aliphatic heterocycles. The topological polar surface area (TPSA) is 96.3 Å². The molecule has 228 valence electrons. The molecule has 7 nitrogen and oxygen atoms in total. The van der Waals surface area contributed by atoms with Gasteiger partial charge in [0.25, 0.3) is 0 Å². The van der Waals surface area contributed by atoms with E-state index in [-0.39, 0.29) is 30.5 Å². The van der Waals surface area contributed by atoms with Crippen LogP contribution in [0.15, 0.2) is 23.3 Å². The highest BCUT2D eigenvalue weighted by molar-refractivity contribution is 5.90. The largest absolute Gasteiger partial charge is 0.481 e. The van der Waals surface area contributed by atoms with Crippen LogP contribution < -0.4 is 0 Å². The molecule has 0 unspecified atom stereocenters. The van der Waals surface area contributed by atoms with Crippen molar-refractivity contribution in [2.75, 3.05) is 26.2 Å². The van der Waals surface area contributed by atoms with Crippen molar-refractivity contribution in [3.8, 4) is 0 Å². The average Bonchev–Trinajstić information content (AvgIpc) is 3.47. The number of carboxylic acid groups (broad SMARTS) is 1. The molecule has 0 amide bonds. The summed E-state index contributed by atoms with van der Waals surface area (Å²) in [5.41, 5.74) is -0.461. The number of aliphatic carboxylic acids is 1. The summed E-state index contributed by atoms with van der Waals surface area (Å²) in [7, 11) is 0. The van der Waals surface area contributed by atoms with Gasteiger partial charge in [0.15, 0.2) is 6.29 Å². The van der Waals surface area contributed by atoms with Crippen molar-refractivity contribution >= 4 is 12.3 Å². The Morgan fingerprint density at radius 3 is 2.71 bits per heavy atom. The second-order valence-electron chi connectivity index (χ2n) is 14.8. The third kappa shape index (κ3) is 4.27. The number of hydrogen-bond acceptors (Lipinski definition) is 6. The smallest absolute Gasteiger partial charge is 0.315 e. The van der Waals surface area contributed by atoms with E-state index in [4.69, 9.17) is 9.47 Å². The van der Waals surface area contributed by atoms with Crippen molar-refractivity contribution in [3.05, 3.63) is 23.3 Å². The Hall–Kier alpha value is -1.54. The van der Waals surface area contributed by atoms with Crippen LogP contribution in [0, 0.1) is 45.8 Å². The molecule has 1 heterocycles. The van der Waals surface area contributed by atoms with E-state index in [1.165, 1.54) is 31.3 Å². The molecule has 41 heavy (non-hydrogen) atoms. The van der Waals surface area contributed by atoms with Crippen molar-refractivity contribution in [2.24, 2.45) is 45.8 Å². The Kier molecular flexibility index (Phi) is 7.83. The second-order valence-corrected chi connectivity index (χ2v) is 14.8. The van der Waals surface area contributed by atoms with E-state index < -0.39 is 34.6 Å². The van der Waals surface area contributed by atoms with Gasteiger partial charge in [-0.05, 0) is 87.9 Å². The van der Waals surface area contributed by atoms with Crippen molar-refractivity contribution in [2.45, 2.75) is 104 Å². The first-order valence-corrected chi connectivity index (χ1v) is 16.4. The van der Waals surface area contributed by atoms with Gasteiger partial charge in [-0.1, -0.05) is 50.5 Å². The number of carbonyl (C=O) groups is 2. The van der Waals surface area contributed by atoms with Crippen molar-refractivity contribution in [3.63, 3.8) is 0 Å². The zero-order valence-electron chi connectivity index (χ0n) is 25.5. The Bertz CT molecular complexity index is 1100. The van der Waals surface area contributed by atoms with E-state index in [0.29, 0.717) is 24.8 Å². The standard InChI is InChI=1S/C34H51NO6/c1-21(2)28-14-25-15-32(19-36)27-11-10-22(3)26(27)16-33(25,34(28,32)31(38)39)20-40-30-29(37)18-35(17-23(4)41-30)13-12-24-8-6-5-7-9-24/h8,14,19,21-23,25-27,29-30,37H,5-7,9-13,15-18,20H2,1-4H3,(H,38,39)/t22-,23-,25+,26-,27-,29+,30-,32+,33+,34+/m1/s1. The van der Waals surface area contributed by atoms with Crippen molar-refractivity contribution in [1.82, 2.24) is 4.90 Å². The minimum absolute atomic E-state index is 0.0260. The summed E-state index contributed by atoms with van der Waals surface area (Å²) in [5, 5.41) is 22.5. The number of aliphatic hydroxyl groups excluding tert-OH is 1. The number of fused-ring (bicyclic) bond motifs is 2. The molecule has 0 aromatic rings. The normalized spacial score (nSPS) is 45.8. The van der Waals surface area contributed by atoms with Crippen molar-refractivity contribution in [1.29, 1.82) is 0 Å². The van der Waals surface area contributed by atoms with Crippen LogP contribution in [0.3, 0.4) is 0 Å². The Morgan fingerprint density at radius 1 is 1.22 bits per heavy atom. The minimum Gasteiger partial charge on any atom is -0.481 e. The fourth-order valence-corrected chi connectivity index (χ4v) is 10.8. The van der Waals surface area contributed by atoms with Crippen LogP contribution in [0.2, 0.25) is 0 Å². The lowest BCUT2D eigenvalue weighted by atomic mass is 9.43. The van der Waals surface area contributed by atoms with Crippen molar-refractivity contribution < 1.29 is 29.3 Å². The van der Waals surface area contributed by atoms with Gasteiger partial charge in [0.1, 0.15) is 17.8 Å². The maximum absolute atomic E-state index is 13.7. The summed E-state index contributed by atoms with van der Waals surface area (Å²) in [4.78, 5) is 29.2. The highest BCUT2D eigenvalue weighted by Crippen LogP contribution is 2.82. The number of nitrogens with zero attached hydrogens (tertiary/aromatic N) is 1. The number of β-amino-alcohol motifs (C(OH)–C–C–N with tert-alkyl or cyclic N) is 1. The van der Waals surface area contributed by atoms with Gasteiger partial charge in [-0.15, -0.1) is 0 Å². The van der Waals surface area contributed by atoms with E-state index in [2.05, 4.69) is 37.8 Å². The van der Waals surface area contributed by atoms with E-state index >= 15 is 0 Å². The molecule has 6 rings (SSSR count). The molecule has 6 aliphatic rings. The number of carbonyl (C=O) groups excluding carboxylic acids is 1. The number of carboxylic acids is 1.